The van der Waals surface area contributed by atoms with Gasteiger partial charge in [-0.1, -0.05) is 18.2 Å². The van der Waals surface area contributed by atoms with Crippen molar-refractivity contribution in [3.05, 3.63) is 89.2 Å². The van der Waals surface area contributed by atoms with Gasteiger partial charge in [-0.3, -0.25) is 14.6 Å². The van der Waals surface area contributed by atoms with E-state index < -0.39 is 0 Å². The van der Waals surface area contributed by atoms with E-state index in [-0.39, 0.29) is 29.2 Å². The topological polar surface area (TPSA) is 85.8 Å². The Labute approximate surface area is 223 Å². The smallest absolute Gasteiger partial charge is 0.255 e. The van der Waals surface area contributed by atoms with E-state index in [1.165, 1.54) is 24.6 Å². The number of carbonyl (C=O) groups excluding carboxylic acids is 2. The van der Waals surface area contributed by atoms with Crippen molar-refractivity contribution in [1.29, 1.82) is 0 Å². The highest BCUT2D eigenvalue weighted by atomic mass is 16.3. The van der Waals surface area contributed by atoms with Crippen LogP contribution in [0.25, 0.3) is 0 Å². The van der Waals surface area contributed by atoms with E-state index in [0.717, 1.165) is 68.6 Å². The number of phenols is 1. The van der Waals surface area contributed by atoms with E-state index in [4.69, 9.17) is 0 Å². The number of fused-ring (bicyclic) bond motifs is 1. The van der Waals surface area contributed by atoms with Crippen LogP contribution >= 0.6 is 0 Å². The molecular weight excluding hydrogens is 476 g/mol. The summed E-state index contributed by atoms with van der Waals surface area (Å²) in [7, 11) is 0. The molecule has 7 heteroatoms. The number of aromatic hydroxyl groups is 1. The van der Waals surface area contributed by atoms with Crippen molar-refractivity contribution < 1.29 is 14.7 Å². The summed E-state index contributed by atoms with van der Waals surface area (Å²) in [5.41, 5.74) is 4.79. The normalized spacial score (nSPS) is 20.3. The molecule has 2 N–H and O–H groups in total. The molecule has 7 nitrogen and oxygen atoms in total. The summed E-state index contributed by atoms with van der Waals surface area (Å²) >= 11 is 0. The molecule has 2 saturated heterocycles. The van der Waals surface area contributed by atoms with Crippen molar-refractivity contribution in [3.63, 3.8) is 0 Å². The number of likely N-dealkylation sites (tertiary alicyclic amines) is 1. The number of aryl methyl sites for hydroxylation is 1. The van der Waals surface area contributed by atoms with Crippen LogP contribution in [0.1, 0.15) is 70.0 Å². The van der Waals surface area contributed by atoms with Gasteiger partial charge in [0.2, 0.25) is 0 Å². The van der Waals surface area contributed by atoms with E-state index in [2.05, 4.69) is 27.3 Å². The van der Waals surface area contributed by atoms with E-state index >= 15 is 0 Å². The number of aromatic nitrogens is 1. The Morgan fingerprint density at radius 2 is 1.63 bits per heavy atom. The first kappa shape index (κ1) is 24.5. The highest BCUT2D eigenvalue weighted by molar-refractivity contribution is 5.97. The van der Waals surface area contributed by atoms with Crippen LogP contribution in [0, 0.1) is 5.41 Å². The summed E-state index contributed by atoms with van der Waals surface area (Å²) in [4.78, 5) is 34.7. The first-order chi connectivity index (χ1) is 18.5. The molecule has 1 spiro atoms. The minimum atomic E-state index is -0.282. The van der Waals surface area contributed by atoms with Crippen LogP contribution < -0.4 is 10.2 Å². The number of hydrogen-bond acceptors (Lipinski definition) is 5. The maximum Gasteiger partial charge on any atom is 0.255 e. The van der Waals surface area contributed by atoms with E-state index in [9.17, 15) is 14.7 Å². The molecule has 196 valence electrons. The molecule has 0 radical (unpaired) electrons. The van der Waals surface area contributed by atoms with Crippen LogP contribution in [-0.4, -0.2) is 53.0 Å². The first-order valence-electron chi connectivity index (χ1n) is 13.7. The lowest BCUT2D eigenvalue weighted by atomic mass is 9.71. The lowest BCUT2D eigenvalue weighted by Crippen LogP contribution is -2.48. The lowest BCUT2D eigenvalue weighted by molar-refractivity contribution is 0.0515. The zero-order valence-electron chi connectivity index (χ0n) is 21.6. The molecule has 38 heavy (non-hydrogen) atoms. The van der Waals surface area contributed by atoms with E-state index in [0.29, 0.717) is 5.41 Å². The maximum absolute atomic E-state index is 13.4. The van der Waals surface area contributed by atoms with Gasteiger partial charge in [-0.15, -0.1) is 0 Å². The lowest BCUT2D eigenvalue weighted by Gasteiger charge is -2.47. The van der Waals surface area contributed by atoms with E-state index in [1.807, 2.05) is 35.5 Å². The number of rotatable bonds is 4. The largest absolute Gasteiger partial charge is 0.507 e. The predicted molar refractivity (Wildman–Crippen MR) is 146 cm³/mol. The van der Waals surface area contributed by atoms with Crippen LogP contribution in [0.15, 0.2) is 67.0 Å². The Bertz CT molecular complexity index is 1320. The molecule has 6 rings (SSSR count). The molecule has 2 aliphatic heterocycles. The number of benzene rings is 2. The summed E-state index contributed by atoms with van der Waals surface area (Å²) in [6.07, 6.45) is 9.79. The number of hydrogen-bond donors (Lipinski definition) is 2. The average Bonchev–Trinajstić information content (AvgIpc) is 3.36. The molecular formula is C31H34N4O3. The second-order valence-electron chi connectivity index (χ2n) is 11.0. The summed E-state index contributed by atoms with van der Waals surface area (Å²) in [6, 6.07) is 16.5. The molecule has 2 amide bonds. The Morgan fingerprint density at radius 1 is 0.921 bits per heavy atom. The van der Waals surface area contributed by atoms with Crippen molar-refractivity contribution in [2.24, 2.45) is 5.41 Å². The summed E-state index contributed by atoms with van der Waals surface area (Å²) < 4.78 is 0. The standard InChI is InChI=1S/C31H34N4O3/c36-28-4-2-1-3-26(28)29(37)33-27-8-6-22-21-23(5-7-25(22)27)30(38)35-19-13-31(14-20-35)11-17-34(18-12-31)24-9-15-32-16-10-24/h1-5,7,9-10,15-16,21,27,36H,6,8,11-14,17-20H2,(H,33,37)/t27-/m0/s1. The Balaban J connectivity index is 1.05. The Hall–Kier alpha value is -3.87. The highest BCUT2D eigenvalue weighted by Crippen LogP contribution is 2.42. The van der Waals surface area contributed by atoms with Crippen molar-refractivity contribution in [3.8, 4) is 5.75 Å². The SMILES string of the molecule is O=C(N[C@H]1CCc2cc(C(=O)N3CCC4(CC3)CCN(c3ccncc3)CC4)ccc21)c1ccccc1O. The monoisotopic (exact) mass is 510 g/mol. The third-order valence-electron chi connectivity index (χ3n) is 8.88. The quantitative estimate of drug-likeness (QED) is 0.530. The number of phenolic OH excluding ortho intramolecular Hbond substituents is 1. The molecule has 1 atom stereocenters. The average molecular weight is 511 g/mol. The Morgan fingerprint density at radius 3 is 2.37 bits per heavy atom. The van der Waals surface area contributed by atoms with Crippen LogP contribution in [0.2, 0.25) is 0 Å². The van der Waals surface area contributed by atoms with Gasteiger partial charge in [0.05, 0.1) is 11.6 Å². The number of amides is 2. The second kappa shape index (κ2) is 10.1. The van der Waals surface area contributed by atoms with Crippen molar-refractivity contribution in [1.82, 2.24) is 15.2 Å². The van der Waals surface area contributed by atoms with Crippen molar-refractivity contribution in [2.75, 3.05) is 31.1 Å². The fourth-order valence-electron chi connectivity index (χ4n) is 6.46. The van der Waals surface area contributed by atoms with Gasteiger partial charge in [-0.25, -0.2) is 0 Å². The minimum absolute atomic E-state index is 0.0215. The number of nitrogens with one attached hydrogen (secondary N) is 1. The van der Waals surface area contributed by atoms with Gasteiger partial charge in [0.15, 0.2) is 0 Å². The highest BCUT2D eigenvalue weighted by Gasteiger charge is 2.39. The van der Waals surface area contributed by atoms with Gasteiger partial charge in [-0.2, -0.15) is 0 Å². The molecule has 2 fully saturated rings. The number of pyridine rings is 1. The maximum atomic E-state index is 13.4. The van der Waals surface area contributed by atoms with Gasteiger partial charge in [0.25, 0.3) is 11.8 Å². The second-order valence-corrected chi connectivity index (χ2v) is 11.0. The third-order valence-corrected chi connectivity index (χ3v) is 8.88. The van der Waals surface area contributed by atoms with Crippen LogP contribution in [-0.2, 0) is 6.42 Å². The van der Waals surface area contributed by atoms with Crippen molar-refractivity contribution in [2.45, 2.75) is 44.6 Å². The fourth-order valence-corrected chi connectivity index (χ4v) is 6.46. The Kier molecular flexibility index (Phi) is 6.52. The zero-order chi connectivity index (χ0) is 26.1. The molecule has 0 bridgehead atoms. The number of piperidine rings is 2. The first-order valence-corrected chi connectivity index (χ1v) is 13.7. The van der Waals surface area contributed by atoms with Gasteiger partial charge in [-0.05, 0) is 91.5 Å². The summed E-state index contributed by atoms with van der Waals surface area (Å²) in [6.45, 7) is 3.74. The number of nitrogens with zero attached hydrogens (tertiary/aromatic N) is 3. The molecule has 0 unspecified atom stereocenters. The van der Waals surface area contributed by atoms with Gasteiger partial charge in [0.1, 0.15) is 5.75 Å². The molecule has 2 aromatic carbocycles. The van der Waals surface area contributed by atoms with Crippen LogP contribution in [0.3, 0.4) is 0 Å². The fraction of sp³-hybridized carbons (Fsp3) is 0.387. The van der Waals surface area contributed by atoms with E-state index in [1.54, 1.807) is 18.2 Å². The molecule has 3 aliphatic rings. The summed E-state index contributed by atoms with van der Waals surface area (Å²) in [5, 5.41) is 13.1. The molecule has 3 heterocycles. The molecule has 1 aromatic heterocycles. The van der Waals surface area contributed by atoms with Crippen molar-refractivity contribution >= 4 is 17.5 Å². The van der Waals surface area contributed by atoms with Gasteiger partial charge < -0.3 is 20.2 Å². The minimum Gasteiger partial charge on any atom is -0.507 e. The number of para-hydroxylation sites is 1. The van der Waals surface area contributed by atoms with Gasteiger partial charge in [0, 0.05) is 49.8 Å². The number of carbonyl (C=O) groups is 2. The number of anilines is 1. The van der Waals surface area contributed by atoms with Gasteiger partial charge >= 0.3 is 0 Å². The molecule has 3 aromatic rings. The van der Waals surface area contributed by atoms with Crippen LogP contribution in [0.5, 0.6) is 5.75 Å². The molecule has 1 aliphatic carbocycles. The molecule has 0 saturated carbocycles. The third kappa shape index (κ3) is 4.73. The summed E-state index contributed by atoms with van der Waals surface area (Å²) in [5.74, 6) is -0.194. The zero-order valence-corrected chi connectivity index (χ0v) is 21.6. The predicted octanol–water partition coefficient (Wildman–Crippen LogP) is 4.73. The van der Waals surface area contributed by atoms with Crippen LogP contribution in [0.4, 0.5) is 5.69 Å².